The maximum absolute atomic E-state index is 13.6. The monoisotopic (exact) mass is 357 g/mol. The van der Waals surface area contributed by atoms with E-state index in [4.69, 9.17) is 5.73 Å². The van der Waals surface area contributed by atoms with Crippen molar-refractivity contribution in [2.75, 3.05) is 6.54 Å². The van der Waals surface area contributed by atoms with E-state index in [9.17, 15) is 13.6 Å². The number of halogens is 3. The molecular formula is C15H18ClF2N5O. The molecule has 0 fully saturated rings. The van der Waals surface area contributed by atoms with Gasteiger partial charge in [-0.15, -0.1) is 22.6 Å². The molecule has 1 aromatic heterocycles. The molecule has 0 aliphatic carbocycles. The lowest BCUT2D eigenvalue weighted by Crippen LogP contribution is -2.41. The molecule has 1 aliphatic heterocycles. The van der Waals surface area contributed by atoms with E-state index in [0.717, 1.165) is 11.9 Å². The van der Waals surface area contributed by atoms with Crippen molar-refractivity contribution in [2.24, 2.45) is 5.73 Å². The Morgan fingerprint density at radius 1 is 1.33 bits per heavy atom. The lowest BCUT2D eigenvalue weighted by molar-refractivity contribution is -0.133. The van der Waals surface area contributed by atoms with E-state index in [1.54, 1.807) is 11.2 Å². The topological polar surface area (TPSA) is 77.0 Å². The number of benzene rings is 1. The number of amides is 1. The first-order chi connectivity index (χ1) is 11.0. The van der Waals surface area contributed by atoms with E-state index in [0.29, 0.717) is 25.2 Å². The lowest BCUT2D eigenvalue weighted by Gasteiger charge is -2.28. The third-order valence-corrected chi connectivity index (χ3v) is 3.93. The fraction of sp³-hybridized carbons (Fsp3) is 0.400. The van der Waals surface area contributed by atoms with Crippen molar-refractivity contribution in [1.82, 2.24) is 19.7 Å². The maximum Gasteiger partial charge on any atom is 0.224 e. The lowest BCUT2D eigenvalue weighted by atomic mass is 10.0. The summed E-state index contributed by atoms with van der Waals surface area (Å²) in [4.78, 5) is 14.0. The molecule has 0 radical (unpaired) electrons. The Kier molecular flexibility index (Phi) is 5.84. The van der Waals surface area contributed by atoms with Gasteiger partial charge >= 0.3 is 0 Å². The van der Waals surface area contributed by atoms with Gasteiger partial charge in [-0.1, -0.05) is 6.07 Å². The summed E-state index contributed by atoms with van der Waals surface area (Å²) in [5.41, 5.74) is 6.26. The van der Waals surface area contributed by atoms with E-state index in [1.807, 2.05) is 4.57 Å². The molecule has 1 amide bonds. The van der Waals surface area contributed by atoms with Gasteiger partial charge in [0.1, 0.15) is 18.0 Å². The molecule has 1 aliphatic rings. The van der Waals surface area contributed by atoms with Gasteiger partial charge in [-0.3, -0.25) is 4.79 Å². The van der Waals surface area contributed by atoms with Crippen LogP contribution in [0.1, 0.15) is 17.8 Å². The van der Waals surface area contributed by atoms with Crippen molar-refractivity contribution in [3.63, 3.8) is 0 Å². The fourth-order valence-electron chi connectivity index (χ4n) is 2.67. The van der Waals surface area contributed by atoms with Crippen LogP contribution in [-0.2, 0) is 24.3 Å². The van der Waals surface area contributed by atoms with Crippen molar-refractivity contribution in [3.05, 3.63) is 47.5 Å². The van der Waals surface area contributed by atoms with Crippen LogP contribution in [0.15, 0.2) is 24.5 Å². The van der Waals surface area contributed by atoms with Crippen LogP contribution in [0.25, 0.3) is 0 Å². The summed E-state index contributed by atoms with van der Waals surface area (Å²) in [6.07, 6.45) is 1.92. The second-order valence-corrected chi connectivity index (χ2v) is 5.66. The van der Waals surface area contributed by atoms with E-state index in [2.05, 4.69) is 10.2 Å². The first kappa shape index (κ1) is 18.3. The zero-order valence-electron chi connectivity index (χ0n) is 12.9. The third kappa shape index (κ3) is 4.07. The molecule has 0 saturated heterocycles. The highest BCUT2D eigenvalue weighted by Gasteiger charge is 2.23. The summed E-state index contributed by atoms with van der Waals surface area (Å²) in [7, 11) is 0. The summed E-state index contributed by atoms with van der Waals surface area (Å²) in [6, 6.07) is 2.84. The van der Waals surface area contributed by atoms with Gasteiger partial charge in [0.15, 0.2) is 5.82 Å². The number of rotatable bonds is 4. The Morgan fingerprint density at radius 2 is 2.12 bits per heavy atom. The molecule has 2 N–H and O–H groups in total. The minimum atomic E-state index is -0.640. The first-order valence-corrected chi connectivity index (χ1v) is 7.37. The van der Waals surface area contributed by atoms with Gasteiger partial charge in [-0.2, -0.15) is 0 Å². The molecule has 130 valence electrons. The molecule has 2 heterocycles. The number of nitrogens with zero attached hydrogens (tertiary/aromatic N) is 4. The molecule has 0 bridgehead atoms. The van der Waals surface area contributed by atoms with Crippen molar-refractivity contribution in [2.45, 2.75) is 32.0 Å². The van der Waals surface area contributed by atoms with Crippen LogP contribution in [0.2, 0.25) is 0 Å². The summed E-state index contributed by atoms with van der Waals surface area (Å²) in [5, 5.41) is 7.77. The van der Waals surface area contributed by atoms with E-state index >= 15 is 0 Å². The number of nitrogens with two attached hydrogens (primary N) is 1. The van der Waals surface area contributed by atoms with Crippen molar-refractivity contribution < 1.29 is 13.6 Å². The van der Waals surface area contributed by atoms with Crippen LogP contribution < -0.4 is 5.73 Å². The molecule has 0 spiro atoms. The molecule has 0 saturated carbocycles. The molecule has 9 heteroatoms. The molecule has 6 nitrogen and oxygen atoms in total. The zero-order valence-corrected chi connectivity index (χ0v) is 13.7. The number of hydrogen-bond acceptors (Lipinski definition) is 4. The number of carbonyl (C=O) groups excluding carboxylic acids is 1. The number of hydrogen-bond donors (Lipinski definition) is 1. The highest BCUT2D eigenvalue weighted by molar-refractivity contribution is 5.85. The smallest absolute Gasteiger partial charge is 0.224 e. The van der Waals surface area contributed by atoms with Crippen LogP contribution in [0.5, 0.6) is 0 Å². The Balaban J connectivity index is 0.00000208. The van der Waals surface area contributed by atoms with E-state index in [1.165, 1.54) is 12.1 Å². The average Bonchev–Trinajstić information content (AvgIpc) is 2.97. The first-order valence-electron chi connectivity index (χ1n) is 7.37. The summed E-state index contributed by atoms with van der Waals surface area (Å²) < 4.78 is 28.4. The molecule has 24 heavy (non-hydrogen) atoms. The summed E-state index contributed by atoms with van der Waals surface area (Å²) >= 11 is 0. The minimum Gasteiger partial charge on any atom is -0.333 e. The van der Waals surface area contributed by atoms with Gasteiger partial charge in [0.25, 0.3) is 0 Å². The molecule has 2 aromatic rings. The summed E-state index contributed by atoms with van der Waals surface area (Å²) in [5.74, 6) is -0.635. The number of aromatic nitrogens is 3. The van der Waals surface area contributed by atoms with Gasteiger partial charge in [-0.25, -0.2) is 8.78 Å². The van der Waals surface area contributed by atoms with Gasteiger partial charge in [0, 0.05) is 31.6 Å². The van der Waals surface area contributed by atoms with Crippen LogP contribution in [-0.4, -0.2) is 38.2 Å². The Labute approximate surface area is 144 Å². The Bertz CT molecular complexity index is 724. The standard InChI is InChI=1S/C15H17F2N5O.ClH/c16-11-2-1-10(13(17)6-11)5-12(18)7-15(23)21-3-4-22-9-19-20-14(22)8-21;/h1-2,6,9,12H,3-5,7-8,18H2;1H/t12-;/m1./s1. The van der Waals surface area contributed by atoms with Gasteiger partial charge < -0.3 is 15.2 Å². The second-order valence-electron chi connectivity index (χ2n) is 5.66. The highest BCUT2D eigenvalue weighted by atomic mass is 35.5. The van der Waals surface area contributed by atoms with Crippen LogP contribution in [0.3, 0.4) is 0 Å². The van der Waals surface area contributed by atoms with Crippen molar-refractivity contribution >= 4 is 18.3 Å². The normalized spacial score (nSPS) is 14.7. The van der Waals surface area contributed by atoms with E-state index in [-0.39, 0.29) is 31.2 Å². The molecule has 0 unspecified atom stereocenters. The predicted octanol–water partition coefficient (Wildman–Crippen LogP) is 1.28. The van der Waals surface area contributed by atoms with Crippen molar-refractivity contribution in [1.29, 1.82) is 0 Å². The van der Waals surface area contributed by atoms with Gasteiger partial charge in [-0.05, 0) is 18.1 Å². The highest BCUT2D eigenvalue weighted by Crippen LogP contribution is 2.14. The van der Waals surface area contributed by atoms with Crippen LogP contribution >= 0.6 is 12.4 Å². The van der Waals surface area contributed by atoms with Crippen LogP contribution in [0, 0.1) is 11.6 Å². The molecule has 1 aromatic carbocycles. The average molecular weight is 358 g/mol. The predicted molar refractivity (Wildman–Crippen MR) is 85.3 cm³/mol. The number of carbonyl (C=O) groups is 1. The van der Waals surface area contributed by atoms with Crippen molar-refractivity contribution in [3.8, 4) is 0 Å². The summed E-state index contributed by atoms with van der Waals surface area (Å²) in [6.45, 7) is 1.62. The fourth-order valence-corrected chi connectivity index (χ4v) is 2.67. The maximum atomic E-state index is 13.6. The van der Waals surface area contributed by atoms with Gasteiger partial charge in [0.05, 0.1) is 6.54 Å². The number of fused-ring (bicyclic) bond motifs is 1. The van der Waals surface area contributed by atoms with Gasteiger partial charge in [0.2, 0.25) is 5.91 Å². The Hall–Kier alpha value is -2.06. The molecule has 1 atom stereocenters. The third-order valence-electron chi connectivity index (χ3n) is 3.93. The van der Waals surface area contributed by atoms with Crippen LogP contribution in [0.4, 0.5) is 8.78 Å². The minimum absolute atomic E-state index is 0. The second kappa shape index (κ2) is 7.67. The largest absolute Gasteiger partial charge is 0.333 e. The zero-order chi connectivity index (χ0) is 16.4. The Morgan fingerprint density at radius 3 is 2.88 bits per heavy atom. The molecular weight excluding hydrogens is 340 g/mol. The SMILES string of the molecule is Cl.N[C@@H](CC(=O)N1CCn2cnnc2C1)Cc1ccc(F)cc1F. The van der Waals surface area contributed by atoms with E-state index < -0.39 is 17.7 Å². The molecule has 3 rings (SSSR count). The quantitative estimate of drug-likeness (QED) is 0.894.